The van der Waals surface area contributed by atoms with Gasteiger partial charge in [-0.1, -0.05) is 17.7 Å². The van der Waals surface area contributed by atoms with Crippen molar-refractivity contribution >= 4 is 5.97 Å². The number of carboxylic acids is 1. The summed E-state index contributed by atoms with van der Waals surface area (Å²) in [5.74, 6) is -1.00. The Hall–Kier alpha value is -1.39. The maximum absolute atomic E-state index is 10.6. The zero-order valence-electron chi connectivity index (χ0n) is 10.4. The number of hydrogen-bond donors (Lipinski definition) is 3. The standard InChI is InChI=1S/C13H19NO3/c1-7-4-8(2)12(9(3)5-7)13(17)10(14)6-11(15)16/h4-5,10,13,17H,6,14H2,1-3H3,(H,15,16). The Morgan fingerprint density at radius 2 is 1.76 bits per heavy atom. The molecule has 0 saturated carbocycles. The summed E-state index contributed by atoms with van der Waals surface area (Å²) in [6, 6.07) is 3.13. The molecule has 0 fully saturated rings. The molecule has 0 radical (unpaired) electrons. The Morgan fingerprint density at radius 3 is 2.18 bits per heavy atom. The van der Waals surface area contributed by atoms with E-state index in [1.165, 1.54) is 0 Å². The van der Waals surface area contributed by atoms with E-state index in [-0.39, 0.29) is 6.42 Å². The number of rotatable bonds is 4. The molecular formula is C13H19NO3. The van der Waals surface area contributed by atoms with Crippen molar-refractivity contribution in [2.24, 2.45) is 5.73 Å². The van der Waals surface area contributed by atoms with Crippen LogP contribution < -0.4 is 5.73 Å². The summed E-state index contributed by atoms with van der Waals surface area (Å²) < 4.78 is 0. The van der Waals surface area contributed by atoms with E-state index in [4.69, 9.17) is 10.8 Å². The van der Waals surface area contributed by atoms with Crippen LogP contribution in [0.25, 0.3) is 0 Å². The zero-order valence-corrected chi connectivity index (χ0v) is 10.4. The molecule has 0 heterocycles. The van der Waals surface area contributed by atoms with Gasteiger partial charge in [0.2, 0.25) is 0 Å². The largest absolute Gasteiger partial charge is 0.481 e. The molecule has 1 rings (SSSR count). The van der Waals surface area contributed by atoms with Crippen LogP contribution in [0.5, 0.6) is 0 Å². The zero-order chi connectivity index (χ0) is 13.2. The van der Waals surface area contributed by atoms with Crippen LogP contribution in [0.2, 0.25) is 0 Å². The van der Waals surface area contributed by atoms with Crippen LogP contribution in [0.4, 0.5) is 0 Å². The molecule has 17 heavy (non-hydrogen) atoms. The van der Waals surface area contributed by atoms with Crippen LogP contribution in [0, 0.1) is 20.8 Å². The molecule has 0 aromatic heterocycles. The van der Waals surface area contributed by atoms with E-state index in [0.29, 0.717) is 0 Å². The van der Waals surface area contributed by atoms with Crippen LogP contribution in [-0.4, -0.2) is 22.2 Å². The van der Waals surface area contributed by atoms with E-state index in [0.717, 1.165) is 22.3 Å². The molecule has 0 aliphatic heterocycles. The van der Waals surface area contributed by atoms with Gasteiger partial charge < -0.3 is 15.9 Å². The lowest BCUT2D eigenvalue weighted by atomic mass is 9.91. The van der Waals surface area contributed by atoms with E-state index in [2.05, 4.69) is 0 Å². The number of benzene rings is 1. The lowest BCUT2D eigenvalue weighted by molar-refractivity contribution is -0.138. The second kappa shape index (κ2) is 5.29. The summed E-state index contributed by atoms with van der Waals surface area (Å²) in [7, 11) is 0. The van der Waals surface area contributed by atoms with Crippen LogP contribution in [0.1, 0.15) is 34.8 Å². The lowest BCUT2D eigenvalue weighted by Gasteiger charge is -2.22. The lowest BCUT2D eigenvalue weighted by Crippen LogP contribution is -2.31. The van der Waals surface area contributed by atoms with Gasteiger partial charge in [0, 0.05) is 6.04 Å². The van der Waals surface area contributed by atoms with Gasteiger partial charge in [-0.3, -0.25) is 4.79 Å². The molecule has 0 spiro atoms. The first-order chi connectivity index (χ1) is 7.82. The summed E-state index contributed by atoms with van der Waals surface area (Å²) in [6.07, 6.45) is -1.18. The van der Waals surface area contributed by atoms with E-state index in [1.54, 1.807) is 0 Å². The molecule has 0 bridgehead atoms. The quantitative estimate of drug-likeness (QED) is 0.740. The third-order valence-corrected chi connectivity index (χ3v) is 2.85. The van der Waals surface area contributed by atoms with Crippen molar-refractivity contribution in [2.45, 2.75) is 39.3 Å². The third kappa shape index (κ3) is 3.28. The van der Waals surface area contributed by atoms with Crippen molar-refractivity contribution in [1.82, 2.24) is 0 Å². The molecule has 2 atom stereocenters. The van der Waals surface area contributed by atoms with Crippen molar-refractivity contribution < 1.29 is 15.0 Å². The maximum atomic E-state index is 10.6. The number of nitrogens with two attached hydrogens (primary N) is 1. The first-order valence-corrected chi connectivity index (χ1v) is 5.56. The Bertz CT molecular complexity index is 406. The van der Waals surface area contributed by atoms with Crippen LogP contribution in [0.3, 0.4) is 0 Å². The minimum Gasteiger partial charge on any atom is -0.481 e. The highest BCUT2D eigenvalue weighted by Gasteiger charge is 2.22. The van der Waals surface area contributed by atoms with Crippen molar-refractivity contribution in [3.8, 4) is 0 Å². The molecule has 4 nitrogen and oxygen atoms in total. The molecule has 0 saturated heterocycles. The topological polar surface area (TPSA) is 83.5 Å². The Labute approximate surface area is 101 Å². The van der Waals surface area contributed by atoms with Gasteiger partial charge in [-0.25, -0.2) is 0 Å². The molecule has 94 valence electrons. The number of aliphatic hydroxyl groups is 1. The summed E-state index contributed by atoms with van der Waals surface area (Å²) >= 11 is 0. The van der Waals surface area contributed by atoms with E-state index >= 15 is 0 Å². The van der Waals surface area contributed by atoms with Crippen molar-refractivity contribution in [3.63, 3.8) is 0 Å². The van der Waals surface area contributed by atoms with E-state index < -0.39 is 18.1 Å². The molecule has 2 unspecified atom stereocenters. The first kappa shape index (κ1) is 13.7. The highest BCUT2D eigenvalue weighted by molar-refractivity contribution is 5.67. The predicted molar refractivity (Wildman–Crippen MR) is 65.8 cm³/mol. The SMILES string of the molecule is Cc1cc(C)c(C(O)C(N)CC(=O)O)c(C)c1. The molecule has 0 amide bonds. The van der Waals surface area contributed by atoms with Gasteiger partial charge in [0.05, 0.1) is 12.5 Å². The number of aliphatic carboxylic acids is 1. The summed E-state index contributed by atoms with van der Waals surface area (Å²) in [5, 5.41) is 18.8. The average Bonchev–Trinajstić information content (AvgIpc) is 2.14. The fourth-order valence-electron chi connectivity index (χ4n) is 2.19. The minimum atomic E-state index is -1.00. The second-order valence-corrected chi connectivity index (χ2v) is 4.52. The molecule has 1 aromatic rings. The number of hydrogen-bond acceptors (Lipinski definition) is 3. The summed E-state index contributed by atoms with van der Waals surface area (Å²) in [5.41, 5.74) is 9.43. The van der Waals surface area contributed by atoms with Crippen molar-refractivity contribution in [2.75, 3.05) is 0 Å². The smallest absolute Gasteiger partial charge is 0.305 e. The average molecular weight is 237 g/mol. The summed E-state index contributed by atoms with van der Waals surface area (Å²) in [4.78, 5) is 10.6. The van der Waals surface area contributed by atoms with Gasteiger partial charge in [0.1, 0.15) is 0 Å². The maximum Gasteiger partial charge on any atom is 0.305 e. The van der Waals surface area contributed by atoms with Crippen LogP contribution >= 0.6 is 0 Å². The second-order valence-electron chi connectivity index (χ2n) is 4.52. The van der Waals surface area contributed by atoms with E-state index in [1.807, 2.05) is 32.9 Å². The molecule has 4 heteroatoms. The van der Waals surface area contributed by atoms with Gasteiger partial charge in [0.15, 0.2) is 0 Å². The highest BCUT2D eigenvalue weighted by Crippen LogP contribution is 2.26. The van der Waals surface area contributed by atoms with Gasteiger partial charge >= 0.3 is 5.97 Å². The van der Waals surface area contributed by atoms with Gasteiger partial charge in [-0.2, -0.15) is 0 Å². The number of carboxylic acid groups (broad SMARTS) is 1. The van der Waals surface area contributed by atoms with Gasteiger partial charge in [-0.05, 0) is 37.5 Å². The number of aryl methyl sites for hydroxylation is 3. The fraction of sp³-hybridized carbons (Fsp3) is 0.462. The Balaban J connectivity index is 3.03. The molecule has 1 aromatic carbocycles. The number of carbonyl (C=O) groups is 1. The van der Waals surface area contributed by atoms with Gasteiger partial charge in [-0.15, -0.1) is 0 Å². The fourth-order valence-corrected chi connectivity index (χ4v) is 2.19. The monoisotopic (exact) mass is 237 g/mol. The van der Waals surface area contributed by atoms with Crippen LogP contribution in [0.15, 0.2) is 12.1 Å². The predicted octanol–water partition coefficient (Wildman–Crippen LogP) is 1.45. The van der Waals surface area contributed by atoms with Crippen molar-refractivity contribution in [3.05, 3.63) is 34.4 Å². The molecule has 4 N–H and O–H groups in total. The molecule has 0 aliphatic rings. The minimum absolute atomic E-state index is 0.242. The number of aliphatic hydroxyl groups excluding tert-OH is 1. The molecular weight excluding hydrogens is 218 g/mol. The van der Waals surface area contributed by atoms with Crippen LogP contribution in [-0.2, 0) is 4.79 Å². The first-order valence-electron chi connectivity index (χ1n) is 5.56. The summed E-state index contributed by atoms with van der Waals surface area (Å²) in [6.45, 7) is 5.77. The molecule has 0 aliphatic carbocycles. The highest BCUT2D eigenvalue weighted by atomic mass is 16.4. The third-order valence-electron chi connectivity index (χ3n) is 2.85. The normalized spacial score (nSPS) is 14.4. The Morgan fingerprint density at radius 1 is 1.29 bits per heavy atom. The van der Waals surface area contributed by atoms with Crippen molar-refractivity contribution in [1.29, 1.82) is 0 Å². The van der Waals surface area contributed by atoms with E-state index in [9.17, 15) is 9.90 Å². The van der Waals surface area contributed by atoms with Gasteiger partial charge in [0.25, 0.3) is 0 Å². The Kier molecular flexibility index (Phi) is 4.26.